The summed E-state index contributed by atoms with van der Waals surface area (Å²) < 4.78 is 0.692. The average molecular weight is 453 g/mol. The number of halogens is 2. The van der Waals surface area contributed by atoms with E-state index in [1.54, 1.807) is 16.1 Å². The Hall–Kier alpha value is -1.86. The Morgan fingerprint density at radius 1 is 1.22 bits per heavy atom. The Balaban J connectivity index is 1.94. The molecule has 0 radical (unpaired) electrons. The molecule has 1 aromatic carbocycles. The lowest BCUT2D eigenvalue weighted by Crippen LogP contribution is -2.49. The van der Waals surface area contributed by atoms with E-state index in [0.29, 0.717) is 29.9 Å². The maximum atomic E-state index is 13.2. The van der Waals surface area contributed by atoms with Crippen molar-refractivity contribution in [3.05, 3.63) is 45.8 Å². The van der Waals surface area contributed by atoms with E-state index < -0.39 is 0 Å². The number of hydrogen-bond donors (Lipinski definition) is 0. The molecule has 3 rings (SSSR count). The maximum Gasteiger partial charge on any atom is 0.343 e. The van der Waals surface area contributed by atoms with Crippen LogP contribution >= 0.6 is 27.5 Å². The van der Waals surface area contributed by atoms with Crippen LogP contribution in [-0.2, 0) is 0 Å². The van der Waals surface area contributed by atoms with Crippen LogP contribution in [0.2, 0.25) is 5.28 Å². The predicted molar refractivity (Wildman–Crippen MR) is 112 cm³/mol. The van der Waals surface area contributed by atoms with Crippen molar-refractivity contribution in [2.24, 2.45) is 5.41 Å². The lowest BCUT2D eigenvalue weighted by Gasteiger charge is -2.37. The fourth-order valence-electron chi connectivity index (χ4n) is 2.96. The van der Waals surface area contributed by atoms with Gasteiger partial charge >= 0.3 is 6.03 Å². The summed E-state index contributed by atoms with van der Waals surface area (Å²) in [4.78, 5) is 23.4. The molecule has 8 heteroatoms. The molecule has 1 fully saturated rings. The van der Waals surface area contributed by atoms with E-state index in [-0.39, 0.29) is 16.7 Å². The van der Waals surface area contributed by atoms with Gasteiger partial charge in [-0.1, -0.05) is 38.5 Å². The van der Waals surface area contributed by atoms with Gasteiger partial charge in [-0.2, -0.15) is 4.98 Å². The summed E-state index contributed by atoms with van der Waals surface area (Å²) in [5.74, 6) is 0.587. The first-order valence-electron chi connectivity index (χ1n) is 8.77. The number of aromatic nitrogens is 2. The largest absolute Gasteiger partial charge is 0.343 e. The molecule has 6 nitrogen and oxygen atoms in total. The fraction of sp³-hybridized carbons (Fsp3) is 0.421. The molecule has 0 atom stereocenters. The van der Waals surface area contributed by atoms with Crippen LogP contribution in [0.1, 0.15) is 26.3 Å². The van der Waals surface area contributed by atoms with Crippen LogP contribution in [0.15, 0.2) is 34.9 Å². The number of hydrogen-bond acceptors (Lipinski definition) is 4. The third-order valence-corrected chi connectivity index (χ3v) is 4.93. The SMILES string of the molecule is Cc1ccc(N2CCN(N(CC(C)(C)C)c3nc(Cl)ncc3Br)C2=O)cc1. The third kappa shape index (κ3) is 4.52. The minimum absolute atomic E-state index is 0.0611. The van der Waals surface area contributed by atoms with Crippen LogP contribution in [0.25, 0.3) is 0 Å². The predicted octanol–water partition coefficient (Wildman–Crippen LogP) is 4.91. The molecule has 2 aromatic rings. The zero-order valence-electron chi connectivity index (χ0n) is 15.9. The summed E-state index contributed by atoms with van der Waals surface area (Å²) in [6.07, 6.45) is 1.61. The van der Waals surface area contributed by atoms with E-state index in [1.165, 1.54) is 0 Å². The van der Waals surface area contributed by atoms with Gasteiger partial charge in [-0.15, -0.1) is 0 Å². The highest BCUT2D eigenvalue weighted by atomic mass is 79.9. The van der Waals surface area contributed by atoms with Crippen molar-refractivity contribution < 1.29 is 4.79 Å². The molecule has 0 saturated carbocycles. The van der Waals surface area contributed by atoms with Gasteiger partial charge in [0.2, 0.25) is 5.28 Å². The molecule has 1 aromatic heterocycles. The van der Waals surface area contributed by atoms with Crippen molar-refractivity contribution in [1.82, 2.24) is 15.0 Å². The van der Waals surface area contributed by atoms with Gasteiger partial charge in [0.1, 0.15) is 0 Å². The molecule has 0 aliphatic carbocycles. The van der Waals surface area contributed by atoms with E-state index in [1.807, 2.05) is 36.2 Å². The van der Waals surface area contributed by atoms with Gasteiger partial charge in [0.25, 0.3) is 0 Å². The van der Waals surface area contributed by atoms with E-state index in [0.717, 1.165) is 11.3 Å². The third-order valence-electron chi connectivity index (χ3n) is 4.19. The first-order chi connectivity index (χ1) is 12.7. The molecule has 144 valence electrons. The van der Waals surface area contributed by atoms with Crippen molar-refractivity contribution in [1.29, 1.82) is 0 Å². The summed E-state index contributed by atoms with van der Waals surface area (Å²) in [6.45, 7) is 10.2. The number of aryl methyl sites for hydroxylation is 1. The van der Waals surface area contributed by atoms with Crippen molar-refractivity contribution in [2.45, 2.75) is 27.7 Å². The molecule has 0 spiro atoms. The van der Waals surface area contributed by atoms with E-state index >= 15 is 0 Å². The van der Waals surface area contributed by atoms with Crippen LogP contribution < -0.4 is 9.91 Å². The zero-order valence-corrected chi connectivity index (χ0v) is 18.3. The van der Waals surface area contributed by atoms with Gasteiger partial charge in [0.15, 0.2) is 5.82 Å². The molecular weight excluding hydrogens is 430 g/mol. The number of hydrazine groups is 1. The van der Waals surface area contributed by atoms with Crippen molar-refractivity contribution in [2.75, 3.05) is 29.5 Å². The highest BCUT2D eigenvalue weighted by molar-refractivity contribution is 9.10. The molecular formula is C19H23BrClN5O. The zero-order chi connectivity index (χ0) is 19.8. The van der Waals surface area contributed by atoms with Crippen molar-refractivity contribution in [3.8, 4) is 0 Å². The molecule has 2 heterocycles. The molecule has 0 bridgehead atoms. The molecule has 1 aliphatic heterocycles. The van der Waals surface area contributed by atoms with Crippen LogP contribution in [0, 0.1) is 12.3 Å². The summed E-state index contributed by atoms with van der Waals surface area (Å²) >= 11 is 9.53. The average Bonchev–Trinajstić information content (AvgIpc) is 2.96. The van der Waals surface area contributed by atoms with Gasteiger partial charge in [-0.3, -0.25) is 9.91 Å². The second-order valence-electron chi connectivity index (χ2n) is 7.82. The molecule has 1 saturated heterocycles. The van der Waals surface area contributed by atoms with Crippen LogP contribution in [0.3, 0.4) is 0 Å². The normalized spacial score (nSPS) is 14.8. The molecule has 1 aliphatic rings. The lowest BCUT2D eigenvalue weighted by molar-refractivity contribution is 0.207. The van der Waals surface area contributed by atoms with Gasteiger partial charge in [-0.25, -0.2) is 14.8 Å². The van der Waals surface area contributed by atoms with Gasteiger partial charge in [-0.05, 0) is 52.0 Å². The van der Waals surface area contributed by atoms with Gasteiger partial charge in [0, 0.05) is 25.0 Å². The Kier molecular flexibility index (Phi) is 5.63. The number of carbonyl (C=O) groups is 1. The number of nitrogens with zero attached hydrogens (tertiary/aromatic N) is 5. The standard InChI is InChI=1S/C19H23BrClN5O/c1-13-5-7-14(8-6-13)24-9-10-25(18(24)27)26(12-19(2,3)4)16-15(20)11-22-17(21)23-16/h5-8,11H,9-10,12H2,1-4H3. The van der Waals surface area contributed by atoms with E-state index in [2.05, 4.69) is 46.7 Å². The summed E-state index contributed by atoms with van der Waals surface area (Å²) in [7, 11) is 0. The number of carbonyl (C=O) groups excluding carboxylic acids is 1. The molecule has 2 amide bonds. The lowest BCUT2D eigenvalue weighted by atomic mass is 9.96. The van der Waals surface area contributed by atoms with Gasteiger partial charge in [0.05, 0.1) is 11.0 Å². The summed E-state index contributed by atoms with van der Waals surface area (Å²) in [6, 6.07) is 7.90. The van der Waals surface area contributed by atoms with Crippen molar-refractivity contribution in [3.63, 3.8) is 0 Å². The number of amides is 2. The highest BCUT2D eigenvalue weighted by Crippen LogP contribution is 2.31. The monoisotopic (exact) mass is 451 g/mol. The Labute approximate surface area is 173 Å². The van der Waals surface area contributed by atoms with E-state index in [4.69, 9.17) is 11.6 Å². The second-order valence-corrected chi connectivity index (χ2v) is 9.01. The quantitative estimate of drug-likeness (QED) is 0.619. The van der Waals surface area contributed by atoms with Crippen LogP contribution in [0.5, 0.6) is 0 Å². The van der Waals surface area contributed by atoms with Crippen molar-refractivity contribution >= 4 is 45.1 Å². The summed E-state index contributed by atoms with van der Waals surface area (Å²) in [5, 5.41) is 3.78. The molecule has 0 N–H and O–H groups in total. The number of benzene rings is 1. The van der Waals surface area contributed by atoms with Crippen LogP contribution in [0.4, 0.5) is 16.3 Å². The fourth-order valence-corrected chi connectivity index (χ4v) is 3.48. The molecule has 0 unspecified atom stereocenters. The van der Waals surface area contributed by atoms with Gasteiger partial charge < -0.3 is 0 Å². The minimum Gasteiger partial charge on any atom is -0.291 e. The Morgan fingerprint density at radius 3 is 2.52 bits per heavy atom. The first-order valence-corrected chi connectivity index (χ1v) is 9.94. The number of anilines is 2. The summed E-state index contributed by atoms with van der Waals surface area (Å²) in [5.41, 5.74) is 1.99. The Bertz CT molecular complexity index is 837. The maximum absolute atomic E-state index is 13.2. The number of rotatable bonds is 4. The smallest absolute Gasteiger partial charge is 0.291 e. The Morgan fingerprint density at radius 2 is 1.89 bits per heavy atom. The minimum atomic E-state index is -0.0789. The van der Waals surface area contributed by atoms with Crippen LogP contribution in [-0.4, -0.2) is 40.6 Å². The topological polar surface area (TPSA) is 52.6 Å². The highest BCUT2D eigenvalue weighted by Gasteiger charge is 2.36. The molecule has 27 heavy (non-hydrogen) atoms. The number of urea groups is 1. The second kappa shape index (κ2) is 7.64. The van der Waals surface area contributed by atoms with E-state index in [9.17, 15) is 4.79 Å². The first kappa shape index (κ1) is 19.9.